The number of hydrogen-bond acceptors (Lipinski definition) is 6. The van der Waals surface area contributed by atoms with Crippen LogP contribution in [0.25, 0.3) is 0 Å². The first-order chi connectivity index (χ1) is 11.2. The molecule has 2 aromatic rings. The summed E-state index contributed by atoms with van der Waals surface area (Å²) in [7, 11) is -3.61. The van der Waals surface area contributed by atoms with Gasteiger partial charge in [0.1, 0.15) is 11.5 Å². The summed E-state index contributed by atoms with van der Waals surface area (Å²) in [5, 5.41) is 0. The minimum atomic E-state index is -3.61. The molecule has 7 nitrogen and oxygen atoms in total. The van der Waals surface area contributed by atoms with Crippen molar-refractivity contribution in [2.24, 2.45) is 0 Å². The van der Waals surface area contributed by atoms with E-state index in [0.29, 0.717) is 17.4 Å². The fourth-order valence-electron chi connectivity index (χ4n) is 1.65. The number of ether oxygens (including phenoxy) is 2. The van der Waals surface area contributed by atoms with Crippen LogP contribution in [-0.4, -0.2) is 31.7 Å². The highest BCUT2D eigenvalue weighted by Crippen LogP contribution is 2.23. The van der Waals surface area contributed by atoms with Gasteiger partial charge in [0.15, 0.2) is 6.10 Å². The Morgan fingerprint density at radius 3 is 2.33 bits per heavy atom. The van der Waals surface area contributed by atoms with E-state index in [1.165, 1.54) is 6.92 Å². The Hall–Kier alpha value is -1.88. The molecule has 1 atom stereocenters. The first-order valence-corrected chi connectivity index (χ1v) is 9.78. The summed E-state index contributed by atoms with van der Waals surface area (Å²) in [6.07, 6.45) is 1.64. The number of rotatable bonds is 6. The highest BCUT2D eigenvalue weighted by atomic mass is 127. The maximum absolute atomic E-state index is 11.6. The summed E-state index contributed by atoms with van der Waals surface area (Å²) in [5.41, 5.74) is 0. The predicted octanol–water partition coefficient (Wildman–Crippen LogP) is 2.32. The van der Waals surface area contributed by atoms with E-state index in [0.717, 1.165) is 9.83 Å². The van der Waals surface area contributed by atoms with Gasteiger partial charge >= 0.3 is 0 Å². The van der Waals surface area contributed by atoms with Gasteiger partial charge in [-0.2, -0.15) is 0 Å². The Bertz CT molecular complexity index is 807. The molecule has 128 valence electrons. The molecule has 0 aliphatic carbocycles. The monoisotopic (exact) mass is 462 g/mol. The molecule has 0 saturated heterocycles. The van der Waals surface area contributed by atoms with Gasteiger partial charge in [-0.05, 0) is 59.8 Å². The smallest absolute Gasteiger partial charge is 0.274 e. The average Bonchev–Trinajstić information content (AvgIpc) is 2.50. The zero-order chi connectivity index (χ0) is 17.7. The lowest BCUT2D eigenvalue weighted by molar-refractivity contribution is -0.125. The van der Waals surface area contributed by atoms with Crippen molar-refractivity contribution in [2.75, 3.05) is 6.26 Å². The summed E-state index contributed by atoms with van der Waals surface area (Å²) in [5.74, 6) is 0.698. The maximum atomic E-state index is 11.6. The number of amides is 1. The molecule has 24 heavy (non-hydrogen) atoms. The third-order valence-corrected chi connectivity index (χ3v) is 3.92. The Morgan fingerprint density at radius 2 is 1.79 bits per heavy atom. The van der Waals surface area contributed by atoms with Gasteiger partial charge in [-0.15, -0.1) is 0 Å². The predicted molar refractivity (Wildman–Crippen MR) is 96.5 cm³/mol. The third kappa shape index (κ3) is 5.96. The molecule has 1 N–H and O–H groups in total. The van der Waals surface area contributed by atoms with Crippen molar-refractivity contribution in [2.45, 2.75) is 13.0 Å². The van der Waals surface area contributed by atoms with Crippen LogP contribution in [0.15, 0.2) is 42.6 Å². The Morgan fingerprint density at radius 1 is 1.17 bits per heavy atom. The zero-order valence-corrected chi connectivity index (χ0v) is 15.9. The Kier molecular flexibility index (Phi) is 5.99. The molecule has 0 fully saturated rings. The first kappa shape index (κ1) is 18.5. The lowest BCUT2D eigenvalue weighted by Crippen LogP contribution is -2.39. The Balaban J connectivity index is 1.96. The zero-order valence-electron chi connectivity index (χ0n) is 12.9. The summed E-state index contributed by atoms with van der Waals surface area (Å²) in [6, 6.07) is 10.2. The number of hydrogen-bond donors (Lipinski definition) is 1. The van der Waals surface area contributed by atoms with Gasteiger partial charge in [-0.25, -0.2) is 13.4 Å². The number of halogens is 1. The number of nitrogens with one attached hydrogen (secondary N) is 1. The van der Waals surface area contributed by atoms with E-state index >= 15 is 0 Å². The number of carbonyl (C=O) groups is 1. The number of sulfonamides is 1. The van der Waals surface area contributed by atoms with E-state index in [-0.39, 0.29) is 0 Å². The lowest BCUT2D eigenvalue weighted by atomic mass is 10.3. The van der Waals surface area contributed by atoms with E-state index < -0.39 is 22.0 Å². The molecule has 9 heteroatoms. The van der Waals surface area contributed by atoms with E-state index in [1.54, 1.807) is 36.5 Å². The standard InChI is InChI=1S/C15H15IN2O5S/c1-10(15(19)18-24(2,20)21)22-12-4-6-13(7-5-12)23-14-8-3-11(16)9-17-14/h3-10H,1-2H3,(H,18,19). The molecule has 1 amide bonds. The van der Waals surface area contributed by atoms with Gasteiger partial charge in [-0.1, -0.05) is 0 Å². The number of pyridine rings is 1. The van der Waals surface area contributed by atoms with Gasteiger partial charge in [-0.3, -0.25) is 9.52 Å². The van der Waals surface area contributed by atoms with E-state index in [2.05, 4.69) is 27.6 Å². The topological polar surface area (TPSA) is 94.6 Å². The van der Waals surface area contributed by atoms with Gasteiger partial charge in [0.2, 0.25) is 15.9 Å². The minimum absolute atomic E-state index is 0.411. The summed E-state index contributed by atoms with van der Waals surface area (Å²) < 4.78 is 35.9. The van der Waals surface area contributed by atoms with Crippen molar-refractivity contribution in [3.05, 3.63) is 46.2 Å². The molecule has 1 unspecified atom stereocenters. The fourth-order valence-corrected chi connectivity index (χ4v) is 2.50. The number of nitrogens with zero attached hydrogens (tertiary/aromatic N) is 1. The van der Waals surface area contributed by atoms with Crippen LogP contribution >= 0.6 is 22.6 Å². The molecule has 1 heterocycles. The molecule has 0 bridgehead atoms. The van der Waals surface area contributed by atoms with Crippen LogP contribution in [-0.2, 0) is 14.8 Å². The van der Waals surface area contributed by atoms with Crippen molar-refractivity contribution < 1.29 is 22.7 Å². The SMILES string of the molecule is CC(Oc1ccc(Oc2ccc(I)cn2)cc1)C(=O)NS(C)(=O)=O. The van der Waals surface area contributed by atoms with Gasteiger partial charge in [0.25, 0.3) is 5.91 Å². The second kappa shape index (κ2) is 7.79. The summed E-state index contributed by atoms with van der Waals surface area (Å²) >= 11 is 2.15. The molecule has 0 saturated carbocycles. The second-order valence-electron chi connectivity index (χ2n) is 4.89. The molecule has 0 aliphatic heterocycles. The largest absolute Gasteiger partial charge is 0.481 e. The molecule has 0 spiro atoms. The van der Waals surface area contributed by atoms with Gasteiger partial charge < -0.3 is 9.47 Å². The second-order valence-corrected chi connectivity index (χ2v) is 7.88. The summed E-state index contributed by atoms with van der Waals surface area (Å²) in [6.45, 7) is 1.46. The molecule has 2 rings (SSSR count). The van der Waals surface area contributed by atoms with Crippen LogP contribution in [0, 0.1) is 3.57 Å². The van der Waals surface area contributed by atoms with Crippen molar-refractivity contribution in [3.8, 4) is 17.4 Å². The minimum Gasteiger partial charge on any atom is -0.481 e. The van der Waals surface area contributed by atoms with Crippen LogP contribution in [0.1, 0.15) is 6.92 Å². The van der Waals surface area contributed by atoms with Crippen molar-refractivity contribution in [1.82, 2.24) is 9.71 Å². The quantitative estimate of drug-likeness (QED) is 0.663. The molecular formula is C15H15IN2O5S. The van der Waals surface area contributed by atoms with Crippen LogP contribution < -0.4 is 14.2 Å². The van der Waals surface area contributed by atoms with E-state index in [9.17, 15) is 13.2 Å². The van der Waals surface area contributed by atoms with Gasteiger partial charge in [0.05, 0.1) is 6.26 Å². The number of aromatic nitrogens is 1. The highest BCUT2D eigenvalue weighted by molar-refractivity contribution is 14.1. The van der Waals surface area contributed by atoms with Crippen molar-refractivity contribution >= 4 is 38.5 Å². The third-order valence-electron chi connectivity index (χ3n) is 2.71. The fraction of sp³-hybridized carbons (Fsp3) is 0.200. The van der Waals surface area contributed by atoms with Crippen LogP contribution in [0.4, 0.5) is 0 Å². The number of carbonyl (C=O) groups excluding carboxylic acids is 1. The molecule has 1 aromatic heterocycles. The van der Waals surface area contributed by atoms with Crippen LogP contribution in [0.5, 0.6) is 17.4 Å². The van der Waals surface area contributed by atoms with E-state index in [4.69, 9.17) is 9.47 Å². The average molecular weight is 462 g/mol. The van der Waals surface area contributed by atoms with Crippen molar-refractivity contribution in [1.29, 1.82) is 0 Å². The maximum Gasteiger partial charge on any atom is 0.274 e. The van der Waals surface area contributed by atoms with Crippen LogP contribution in [0.2, 0.25) is 0 Å². The molecular weight excluding hydrogens is 447 g/mol. The molecule has 0 radical (unpaired) electrons. The Labute approximate surface area is 153 Å². The van der Waals surface area contributed by atoms with E-state index in [1.807, 2.05) is 10.8 Å². The van der Waals surface area contributed by atoms with Crippen molar-refractivity contribution in [3.63, 3.8) is 0 Å². The first-order valence-electron chi connectivity index (χ1n) is 6.81. The summed E-state index contributed by atoms with van der Waals surface area (Å²) in [4.78, 5) is 15.8. The lowest BCUT2D eigenvalue weighted by Gasteiger charge is -2.14. The van der Waals surface area contributed by atoms with Gasteiger partial charge in [0, 0.05) is 15.8 Å². The highest BCUT2D eigenvalue weighted by Gasteiger charge is 2.18. The molecule has 0 aliphatic rings. The molecule has 1 aromatic carbocycles. The normalized spacial score (nSPS) is 12.3. The number of benzene rings is 1. The van der Waals surface area contributed by atoms with Crippen LogP contribution in [0.3, 0.4) is 0 Å².